The van der Waals surface area contributed by atoms with Crippen molar-refractivity contribution in [3.05, 3.63) is 11.6 Å². The number of carbonyl (C=O) groups excluding carboxylic acids is 1. The van der Waals surface area contributed by atoms with Gasteiger partial charge in [0, 0.05) is 19.2 Å². The number of carbonyl (C=O) groups is 1. The first-order valence-electron chi connectivity index (χ1n) is 5.68. The maximum absolute atomic E-state index is 11.8. The Bertz CT molecular complexity index is 256. The first kappa shape index (κ1) is 12.2. The molecule has 1 aliphatic carbocycles. The van der Waals surface area contributed by atoms with E-state index in [0.29, 0.717) is 18.5 Å². The van der Waals surface area contributed by atoms with Gasteiger partial charge in [0.25, 0.3) is 0 Å². The van der Waals surface area contributed by atoms with Gasteiger partial charge in [0.2, 0.25) is 5.91 Å². The molecule has 1 amide bonds. The fourth-order valence-electron chi connectivity index (χ4n) is 2.31. The van der Waals surface area contributed by atoms with Gasteiger partial charge in [-0.3, -0.25) is 4.79 Å². The molecule has 0 aromatic rings. The van der Waals surface area contributed by atoms with E-state index < -0.39 is 0 Å². The first-order chi connectivity index (χ1) is 7.06. The van der Waals surface area contributed by atoms with Crippen LogP contribution in [0.2, 0.25) is 0 Å². The third-order valence-electron chi connectivity index (χ3n) is 3.18. The van der Waals surface area contributed by atoms with E-state index in [2.05, 4.69) is 0 Å². The second kappa shape index (κ2) is 5.31. The molecule has 1 rings (SSSR count). The molecule has 2 atom stereocenters. The Balaban J connectivity index is 2.63. The van der Waals surface area contributed by atoms with Gasteiger partial charge in [0.15, 0.2) is 0 Å². The molecule has 2 unspecified atom stereocenters. The molecule has 2 N–H and O–H groups in total. The maximum Gasteiger partial charge on any atom is 0.246 e. The quantitative estimate of drug-likeness (QED) is 0.718. The minimum absolute atomic E-state index is 0.111. The second-order valence-corrected chi connectivity index (χ2v) is 4.66. The summed E-state index contributed by atoms with van der Waals surface area (Å²) in [5.41, 5.74) is 6.76. The van der Waals surface area contributed by atoms with Crippen molar-refractivity contribution in [3.63, 3.8) is 0 Å². The van der Waals surface area contributed by atoms with Crippen LogP contribution in [0.15, 0.2) is 11.6 Å². The standard InChI is InChI=1S/C12H22N2O/c1-9(2)7-12(15)14(3)11-6-4-5-10(11)8-13/h7,10-11H,4-6,8,13H2,1-3H3. The van der Waals surface area contributed by atoms with E-state index in [9.17, 15) is 4.79 Å². The monoisotopic (exact) mass is 210 g/mol. The number of rotatable bonds is 3. The predicted octanol–water partition coefficient (Wildman–Crippen LogP) is 1.54. The van der Waals surface area contributed by atoms with Crippen LogP contribution in [-0.4, -0.2) is 30.4 Å². The number of likely N-dealkylation sites (N-methyl/N-ethyl adjacent to an activating group) is 1. The Kier molecular flexibility index (Phi) is 4.33. The van der Waals surface area contributed by atoms with Crippen LogP contribution in [0, 0.1) is 5.92 Å². The normalized spacial score (nSPS) is 25.1. The van der Waals surface area contributed by atoms with Crippen LogP contribution in [0.25, 0.3) is 0 Å². The fourth-order valence-corrected chi connectivity index (χ4v) is 2.31. The van der Waals surface area contributed by atoms with Gasteiger partial charge >= 0.3 is 0 Å². The van der Waals surface area contributed by atoms with Crippen LogP contribution in [0.3, 0.4) is 0 Å². The van der Waals surface area contributed by atoms with Crippen LogP contribution in [0.5, 0.6) is 0 Å². The van der Waals surface area contributed by atoms with E-state index in [-0.39, 0.29) is 5.91 Å². The van der Waals surface area contributed by atoms with Crippen molar-refractivity contribution in [1.82, 2.24) is 4.90 Å². The van der Waals surface area contributed by atoms with Crippen molar-refractivity contribution >= 4 is 5.91 Å². The average molecular weight is 210 g/mol. The summed E-state index contributed by atoms with van der Waals surface area (Å²) in [5.74, 6) is 0.602. The largest absolute Gasteiger partial charge is 0.339 e. The van der Waals surface area contributed by atoms with Crippen LogP contribution < -0.4 is 5.73 Å². The third-order valence-corrected chi connectivity index (χ3v) is 3.18. The van der Waals surface area contributed by atoms with E-state index in [4.69, 9.17) is 5.73 Å². The van der Waals surface area contributed by atoms with Crippen molar-refractivity contribution in [1.29, 1.82) is 0 Å². The highest BCUT2D eigenvalue weighted by molar-refractivity contribution is 5.88. The molecule has 0 aromatic carbocycles. The van der Waals surface area contributed by atoms with E-state index >= 15 is 0 Å². The molecule has 1 fully saturated rings. The third kappa shape index (κ3) is 3.06. The number of nitrogens with two attached hydrogens (primary N) is 1. The lowest BCUT2D eigenvalue weighted by molar-refractivity contribution is -0.127. The van der Waals surface area contributed by atoms with Crippen LogP contribution in [0.4, 0.5) is 0 Å². The topological polar surface area (TPSA) is 46.3 Å². The van der Waals surface area contributed by atoms with Crippen LogP contribution >= 0.6 is 0 Å². The highest BCUT2D eigenvalue weighted by Gasteiger charge is 2.30. The van der Waals surface area contributed by atoms with Gasteiger partial charge in [-0.25, -0.2) is 0 Å². The summed E-state index contributed by atoms with van der Waals surface area (Å²) in [6, 6.07) is 0.345. The van der Waals surface area contributed by atoms with Crippen LogP contribution in [-0.2, 0) is 4.79 Å². The molecule has 15 heavy (non-hydrogen) atoms. The number of amides is 1. The first-order valence-corrected chi connectivity index (χ1v) is 5.68. The number of allylic oxidation sites excluding steroid dienone is 1. The van der Waals surface area contributed by atoms with Gasteiger partial charge in [-0.05, 0) is 39.2 Å². The summed E-state index contributed by atoms with van der Waals surface area (Å²) in [4.78, 5) is 13.7. The van der Waals surface area contributed by atoms with Crippen molar-refractivity contribution in [3.8, 4) is 0 Å². The van der Waals surface area contributed by atoms with Crippen molar-refractivity contribution in [2.75, 3.05) is 13.6 Å². The summed E-state index contributed by atoms with van der Waals surface area (Å²) in [7, 11) is 1.89. The molecular formula is C12H22N2O. The van der Waals surface area contributed by atoms with E-state index in [1.54, 1.807) is 6.08 Å². The van der Waals surface area contributed by atoms with Gasteiger partial charge in [-0.2, -0.15) is 0 Å². The van der Waals surface area contributed by atoms with Crippen molar-refractivity contribution in [2.45, 2.75) is 39.2 Å². The Labute approximate surface area is 92.3 Å². The molecule has 0 spiro atoms. The van der Waals surface area contributed by atoms with Gasteiger partial charge in [-0.1, -0.05) is 12.0 Å². The van der Waals surface area contributed by atoms with Gasteiger partial charge in [0.1, 0.15) is 0 Å². The van der Waals surface area contributed by atoms with E-state index in [1.165, 1.54) is 6.42 Å². The number of hydrogen-bond acceptors (Lipinski definition) is 2. The summed E-state index contributed by atoms with van der Waals surface area (Å²) < 4.78 is 0. The molecule has 3 heteroatoms. The Morgan fingerprint density at radius 3 is 2.67 bits per heavy atom. The number of hydrogen-bond donors (Lipinski definition) is 1. The lowest BCUT2D eigenvalue weighted by Crippen LogP contribution is -2.40. The zero-order valence-corrected chi connectivity index (χ0v) is 9.99. The molecule has 1 saturated carbocycles. The summed E-state index contributed by atoms with van der Waals surface area (Å²) in [6.45, 7) is 4.58. The second-order valence-electron chi connectivity index (χ2n) is 4.66. The van der Waals surface area contributed by atoms with Gasteiger partial charge in [-0.15, -0.1) is 0 Å². The lowest BCUT2D eigenvalue weighted by atomic mass is 10.0. The number of nitrogens with zero attached hydrogens (tertiary/aromatic N) is 1. The molecule has 0 bridgehead atoms. The minimum Gasteiger partial charge on any atom is -0.339 e. The maximum atomic E-state index is 11.8. The Morgan fingerprint density at radius 1 is 1.47 bits per heavy atom. The van der Waals surface area contributed by atoms with Gasteiger partial charge in [0.05, 0.1) is 0 Å². The predicted molar refractivity (Wildman–Crippen MR) is 62.4 cm³/mol. The summed E-state index contributed by atoms with van der Waals surface area (Å²) >= 11 is 0. The van der Waals surface area contributed by atoms with Crippen LogP contribution in [0.1, 0.15) is 33.1 Å². The minimum atomic E-state index is 0.111. The van der Waals surface area contributed by atoms with Crippen molar-refractivity contribution in [2.24, 2.45) is 11.7 Å². The molecule has 0 saturated heterocycles. The van der Waals surface area contributed by atoms with Gasteiger partial charge < -0.3 is 10.6 Å². The fraction of sp³-hybridized carbons (Fsp3) is 0.750. The molecule has 86 valence electrons. The molecular weight excluding hydrogens is 188 g/mol. The average Bonchev–Trinajstić information content (AvgIpc) is 2.62. The smallest absolute Gasteiger partial charge is 0.246 e. The zero-order valence-electron chi connectivity index (χ0n) is 9.99. The highest BCUT2D eigenvalue weighted by atomic mass is 16.2. The van der Waals surface area contributed by atoms with E-state index in [0.717, 1.165) is 18.4 Å². The highest BCUT2D eigenvalue weighted by Crippen LogP contribution is 2.28. The molecule has 0 aliphatic heterocycles. The molecule has 0 aromatic heterocycles. The zero-order chi connectivity index (χ0) is 11.4. The van der Waals surface area contributed by atoms with Crippen molar-refractivity contribution < 1.29 is 4.79 Å². The molecule has 1 aliphatic rings. The lowest BCUT2D eigenvalue weighted by Gasteiger charge is -2.28. The summed E-state index contributed by atoms with van der Waals surface area (Å²) in [6.07, 6.45) is 5.15. The molecule has 0 radical (unpaired) electrons. The SMILES string of the molecule is CC(C)=CC(=O)N(C)C1CCCC1CN. The Hall–Kier alpha value is -0.830. The Morgan fingerprint density at radius 2 is 2.13 bits per heavy atom. The molecule has 0 heterocycles. The summed E-state index contributed by atoms with van der Waals surface area (Å²) in [5, 5.41) is 0. The molecule has 3 nitrogen and oxygen atoms in total. The van der Waals surface area contributed by atoms with E-state index in [1.807, 2.05) is 25.8 Å².